The first kappa shape index (κ1) is 15.3. The second-order valence-electron chi connectivity index (χ2n) is 6.92. The van der Waals surface area contributed by atoms with E-state index in [1.54, 1.807) is 10.9 Å². The van der Waals surface area contributed by atoms with Crippen molar-refractivity contribution in [3.63, 3.8) is 0 Å². The van der Waals surface area contributed by atoms with E-state index in [0.717, 1.165) is 43.5 Å². The molecule has 1 aliphatic heterocycles. The van der Waals surface area contributed by atoms with Crippen LogP contribution in [-0.4, -0.2) is 43.0 Å². The molecule has 134 valence electrons. The van der Waals surface area contributed by atoms with E-state index >= 15 is 0 Å². The fraction of sp³-hybridized carbons (Fsp3) is 0.471. The number of anilines is 2. The molecule has 1 saturated carbocycles. The van der Waals surface area contributed by atoms with Crippen molar-refractivity contribution in [3.8, 4) is 5.82 Å². The topological polar surface area (TPSA) is 112 Å². The standard InChI is InChI=1S/C17H20N8O/c18-17-20-13(10-14(21-17)25-7-1-6-19-25)24-8-4-11(5-9-24)15-22-16(26-23-15)12-2-3-12/h1,6-7,10-12H,2-5,8-9H2,(H2,18,20,21). The van der Waals surface area contributed by atoms with E-state index in [1.165, 1.54) is 12.8 Å². The molecule has 0 aromatic carbocycles. The molecule has 0 bridgehead atoms. The van der Waals surface area contributed by atoms with Gasteiger partial charge >= 0.3 is 0 Å². The van der Waals surface area contributed by atoms with Gasteiger partial charge in [0.2, 0.25) is 11.8 Å². The summed E-state index contributed by atoms with van der Waals surface area (Å²) in [5.41, 5.74) is 5.91. The Morgan fingerprint density at radius 2 is 1.81 bits per heavy atom. The van der Waals surface area contributed by atoms with Gasteiger partial charge in [-0.3, -0.25) is 0 Å². The summed E-state index contributed by atoms with van der Waals surface area (Å²) in [6, 6.07) is 3.77. The first-order valence-corrected chi connectivity index (χ1v) is 8.99. The maximum absolute atomic E-state index is 5.91. The maximum atomic E-state index is 5.91. The summed E-state index contributed by atoms with van der Waals surface area (Å²) < 4.78 is 7.09. The van der Waals surface area contributed by atoms with Crippen molar-refractivity contribution in [2.24, 2.45) is 0 Å². The molecule has 1 saturated heterocycles. The van der Waals surface area contributed by atoms with Crippen molar-refractivity contribution in [3.05, 3.63) is 36.2 Å². The van der Waals surface area contributed by atoms with E-state index in [0.29, 0.717) is 17.7 Å². The number of hydrogen-bond acceptors (Lipinski definition) is 8. The third-order valence-electron chi connectivity index (χ3n) is 5.02. The van der Waals surface area contributed by atoms with Gasteiger partial charge in [-0.05, 0) is 31.7 Å². The molecule has 5 rings (SSSR count). The summed E-state index contributed by atoms with van der Waals surface area (Å²) in [5.74, 6) is 4.26. The Morgan fingerprint density at radius 3 is 2.54 bits per heavy atom. The van der Waals surface area contributed by atoms with Gasteiger partial charge in [0.25, 0.3) is 0 Å². The normalized spacial score (nSPS) is 18.4. The fourth-order valence-corrected chi connectivity index (χ4v) is 3.40. The molecule has 0 atom stereocenters. The number of nitrogens with zero attached hydrogens (tertiary/aromatic N) is 7. The molecule has 0 amide bonds. The van der Waals surface area contributed by atoms with E-state index in [4.69, 9.17) is 10.3 Å². The molecule has 0 unspecified atom stereocenters. The molecule has 2 fully saturated rings. The number of piperidine rings is 1. The second kappa shape index (κ2) is 6.08. The van der Waals surface area contributed by atoms with Crippen LogP contribution in [0.25, 0.3) is 5.82 Å². The Kier molecular flexibility index (Phi) is 3.58. The Balaban J connectivity index is 1.30. The molecule has 3 aromatic heterocycles. The third kappa shape index (κ3) is 2.89. The summed E-state index contributed by atoms with van der Waals surface area (Å²) in [5, 5.41) is 8.41. The highest BCUT2D eigenvalue weighted by atomic mass is 16.5. The monoisotopic (exact) mass is 352 g/mol. The zero-order valence-electron chi connectivity index (χ0n) is 14.3. The predicted molar refractivity (Wildman–Crippen MR) is 94.0 cm³/mol. The van der Waals surface area contributed by atoms with Gasteiger partial charge in [-0.25, -0.2) is 4.68 Å². The molecular weight excluding hydrogens is 332 g/mol. The average molecular weight is 352 g/mol. The Morgan fingerprint density at radius 1 is 1.00 bits per heavy atom. The maximum Gasteiger partial charge on any atom is 0.229 e. The molecule has 2 N–H and O–H groups in total. The lowest BCUT2D eigenvalue weighted by molar-refractivity contribution is 0.364. The lowest BCUT2D eigenvalue weighted by atomic mass is 9.96. The van der Waals surface area contributed by atoms with Crippen LogP contribution >= 0.6 is 0 Å². The van der Waals surface area contributed by atoms with Gasteiger partial charge in [0.05, 0.1) is 0 Å². The largest absolute Gasteiger partial charge is 0.368 e. The van der Waals surface area contributed by atoms with Crippen LogP contribution in [0, 0.1) is 0 Å². The molecule has 26 heavy (non-hydrogen) atoms. The third-order valence-corrected chi connectivity index (χ3v) is 5.02. The number of nitrogens with two attached hydrogens (primary N) is 1. The Hall–Kier alpha value is -2.97. The smallest absolute Gasteiger partial charge is 0.229 e. The van der Waals surface area contributed by atoms with E-state index in [1.807, 2.05) is 18.3 Å². The minimum absolute atomic E-state index is 0.252. The van der Waals surface area contributed by atoms with Crippen LogP contribution < -0.4 is 10.6 Å². The zero-order valence-corrected chi connectivity index (χ0v) is 14.3. The van der Waals surface area contributed by atoms with Crippen LogP contribution in [-0.2, 0) is 0 Å². The van der Waals surface area contributed by atoms with Gasteiger partial charge in [0.1, 0.15) is 5.82 Å². The van der Waals surface area contributed by atoms with Gasteiger partial charge in [-0.15, -0.1) is 0 Å². The Labute approximate surface area is 150 Å². The van der Waals surface area contributed by atoms with Crippen LogP contribution in [0.5, 0.6) is 0 Å². The van der Waals surface area contributed by atoms with Crippen molar-refractivity contribution in [1.29, 1.82) is 0 Å². The highest BCUT2D eigenvalue weighted by molar-refractivity contribution is 5.48. The fourth-order valence-electron chi connectivity index (χ4n) is 3.40. The number of aromatic nitrogens is 6. The SMILES string of the molecule is Nc1nc(N2CCC(c3noc(C4CC4)n3)CC2)cc(-n2cccn2)n1. The van der Waals surface area contributed by atoms with Crippen LogP contribution in [0.1, 0.15) is 49.2 Å². The summed E-state index contributed by atoms with van der Waals surface area (Å²) >= 11 is 0. The lowest BCUT2D eigenvalue weighted by Gasteiger charge is -2.31. The molecule has 9 heteroatoms. The van der Waals surface area contributed by atoms with Gasteiger partial charge in [-0.1, -0.05) is 5.16 Å². The van der Waals surface area contributed by atoms with E-state index in [2.05, 4.69) is 30.1 Å². The van der Waals surface area contributed by atoms with Crippen molar-refractivity contribution < 1.29 is 4.52 Å². The number of hydrogen-bond donors (Lipinski definition) is 1. The highest BCUT2D eigenvalue weighted by Gasteiger charge is 2.32. The molecule has 0 spiro atoms. The highest BCUT2D eigenvalue weighted by Crippen LogP contribution is 2.40. The second-order valence-corrected chi connectivity index (χ2v) is 6.92. The summed E-state index contributed by atoms with van der Waals surface area (Å²) in [4.78, 5) is 15.5. The van der Waals surface area contributed by atoms with Gasteiger partial charge < -0.3 is 15.2 Å². The quantitative estimate of drug-likeness (QED) is 0.757. The molecule has 1 aliphatic carbocycles. The number of rotatable bonds is 4. The van der Waals surface area contributed by atoms with Gasteiger partial charge in [0, 0.05) is 43.4 Å². The van der Waals surface area contributed by atoms with Crippen molar-refractivity contribution in [2.45, 2.75) is 37.5 Å². The summed E-state index contributed by atoms with van der Waals surface area (Å²) in [6.07, 6.45) is 7.83. The van der Waals surface area contributed by atoms with E-state index in [9.17, 15) is 0 Å². The van der Waals surface area contributed by atoms with Gasteiger partial charge in [0.15, 0.2) is 11.6 Å². The van der Waals surface area contributed by atoms with Gasteiger partial charge in [-0.2, -0.15) is 20.1 Å². The van der Waals surface area contributed by atoms with E-state index in [-0.39, 0.29) is 5.95 Å². The minimum Gasteiger partial charge on any atom is -0.368 e. The van der Waals surface area contributed by atoms with Crippen LogP contribution in [0.2, 0.25) is 0 Å². The summed E-state index contributed by atoms with van der Waals surface area (Å²) in [6.45, 7) is 1.74. The number of nitrogen functional groups attached to an aromatic ring is 1. The lowest BCUT2D eigenvalue weighted by Crippen LogP contribution is -2.34. The van der Waals surface area contributed by atoms with Crippen molar-refractivity contribution >= 4 is 11.8 Å². The first-order chi connectivity index (χ1) is 12.8. The zero-order chi connectivity index (χ0) is 17.5. The summed E-state index contributed by atoms with van der Waals surface area (Å²) in [7, 11) is 0. The molecular formula is C17H20N8O. The first-order valence-electron chi connectivity index (χ1n) is 8.99. The van der Waals surface area contributed by atoms with Crippen LogP contribution in [0.4, 0.5) is 11.8 Å². The molecule has 3 aromatic rings. The molecule has 0 radical (unpaired) electrons. The minimum atomic E-state index is 0.252. The molecule has 9 nitrogen and oxygen atoms in total. The van der Waals surface area contributed by atoms with Crippen LogP contribution in [0.3, 0.4) is 0 Å². The predicted octanol–water partition coefficient (Wildman–Crippen LogP) is 1.89. The van der Waals surface area contributed by atoms with Crippen molar-refractivity contribution in [2.75, 3.05) is 23.7 Å². The van der Waals surface area contributed by atoms with Crippen LogP contribution in [0.15, 0.2) is 29.0 Å². The van der Waals surface area contributed by atoms with E-state index < -0.39 is 0 Å². The molecule has 4 heterocycles. The van der Waals surface area contributed by atoms with Crippen molar-refractivity contribution in [1.82, 2.24) is 29.9 Å². The molecule has 2 aliphatic rings. The Bertz CT molecular complexity index is 893. The average Bonchev–Trinajstić information content (AvgIpc) is 3.17.